The SMILES string of the molecule is CN(C)C(=O)CCNc1c(Cl)cccc1C(F)(F)F. The van der Waals surface area contributed by atoms with Gasteiger partial charge in [0.05, 0.1) is 16.3 Å². The highest BCUT2D eigenvalue weighted by Crippen LogP contribution is 2.38. The van der Waals surface area contributed by atoms with Crippen LogP contribution in [0.3, 0.4) is 0 Å². The van der Waals surface area contributed by atoms with Crippen molar-refractivity contribution in [3.05, 3.63) is 28.8 Å². The third-order valence-electron chi connectivity index (χ3n) is 2.46. The van der Waals surface area contributed by atoms with E-state index >= 15 is 0 Å². The first-order valence-electron chi connectivity index (χ1n) is 5.53. The highest BCUT2D eigenvalue weighted by Gasteiger charge is 2.34. The molecule has 1 N–H and O–H groups in total. The van der Waals surface area contributed by atoms with Gasteiger partial charge >= 0.3 is 6.18 Å². The zero-order chi connectivity index (χ0) is 14.6. The third kappa shape index (κ3) is 4.31. The number of carbonyl (C=O) groups excluding carboxylic acids is 1. The van der Waals surface area contributed by atoms with Gasteiger partial charge in [0.25, 0.3) is 0 Å². The molecule has 1 aromatic carbocycles. The third-order valence-corrected chi connectivity index (χ3v) is 2.77. The van der Waals surface area contributed by atoms with Gasteiger partial charge in [0.1, 0.15) is 0 Å². The van der Waals surface area contributed by atoms with Crippen LogP contribution in [0.2, 0.25) is 5.02 Å². The van der Waals surface area contributed by atoms with E-state index in [9.17, 15) is 18.0 Å². The molecule has 0 spiro atoms. The van der Waals surface area contributed by atoms with Gasteiger partial charge in [-0.25, -0.2) is 0 Å². The summed E-state index contributed by atoms with van der Waals surface area (Å²) in [7, 11) is 3.16. The number of hydrogen-bond donors (Lipinski definition) is 1. The fraction of sp³-hybridized carbons (Fsp3) is 0.417. The van der Waals surface area contributed by atoms with E-state index in [1.807, 2.05) is 0 Å². The van der Waals surface area contributed by atoms with Crippen LogP contribution < -0.4 is 5.32 Å². The molecule has 0 aromatic heterocycles. The lowest BCUT2D eigenvalue weighted by Crippen LogP contribution is -2.24. The van der Waals surface area contributed by atoms with Crippen molar-refractivity contribution < 1.29 is 18.0 Å². The maximum absolute atomic E-state index is 12.8. The van der Waals surface area contributed by atoms with Crippen molar-refractivity contribution in [1.29, 1.82) is 0 Å². The molecule has 0 aliphatic heterocycles. The molecule has 0 fully saturated rings. The maximum atomic E-state index is 12.8. The Morgan fingerprint density at radius 2 is 2.00 bits per heavy atom. The number of anilines is 1. The standard InChI is InChI=1S/C12H14ClF3N2O/c1-18(2)10(19)6-7-17-11-8(12(14,15)16)4-3-5-9(11)13/h3-5,17H,6-7H2,1-2H3. The molecule has 0 aliphatic carbocycles. The smallest absolute Gasteiger partial charge is 0.383 e. The van der Waals surface area contributed by atoms with Gasteiger partial charge in [0, 0.05) is 27.1 Å². The lowest BCUT2D eigenvalue weighted by molar-refractivity contribution is -0.137. The maximum Gasteiger partial charge on any atom is 0.418 e. The molecule has 1 aromatic rings. The van der Waals surface area contributed by atoms with Crippen molar-refractivity contribution >= 4 is 23.2 Å². The number of benzene rings is 1. The second-order valence-corrected chi connectivity index (χ2v) is 4.53. The van der Waals surface area contributed by atoms with Crippen molar-refractivity contribution in [2.45, 2.75) is 12.6 Å². The molecule has 7 heteroatoms. The van der Waals surface area contributed by atoms with Gasteiger partial charge in [-0.3, -0.25) is 4.79 Å². The Balaban J connectivity index is 2.81. The summed E-state index contributed by atoms with van der Waals surface area (Å²) in [4.78, 5) is 12.7. The van der Waals surface area contributed by atoms with Crippen molar-refractivity contribution in [2.24, 2.45) is 0 Å². The highest BCUT2D eigenvalue weighted by atomic mass is 35.5. The van der Waals surface area contributed by atoms with Gasteiger partial charge in [0.2, 0.25) is 5.91 Å². The van der Waals surface area contributed by atoms with Crippen molar-refractivity contribution in [3.8, 4) is 0 Å². The van der Waals surface area contributed by atoms with E-state index in [1.165, 1.54) is 17.0 Å². The van der Waals surface area contributed by atoms with E-state index in [1.54, 1.807) is 14.1 Å². The molecular formula is C12H14ClF3N2O. The van der Waals surface area contributed by atoms with Crippen LogP contribution in [0.4, 0.5) is 18.9 Å². The molecule has 3 nitrogen and oxygen atoms in total. The van der Waals surface area contributed by atoms with Crippen LogP contribution in [0.1, 0.15) is 12.0 Å². The molecular weight excluding hydrogens is 281 g/mol. The van der Waals surface area contributed by atoms with Gasteiger partial charge in [0.15, 0.2) is 0 Å². The van der Waals surface area contributed by atoms with E-state index in [0.717, 1.165) is 6.07 Å². The van der Waals surface area contributed by atoms with E-state index in [-0.39, 0.29) is 29.6 Å². The van der Waals surface area contributed by atoms with Gasteiger partial charge in [-0.1, -0.05) is 17.7 Å². The van der Waals surface area contributed by atoms with Crippen LogP contribution in [0.25, 0.3) is 0 Å². The molecule has 0 aliphatic rings. The molecule has 0 saturated heterocycles. The monoisotopic (exact) mass is 294 g/mol. The quantitative estimate of drug-likeness (QED) is 0.924. The number of nitrogens with one attached hydrogen (secondary N) is 1. The van der Waals surface area contributed by atoms with Crippen molar-refractivity contribution in [2.75, 3.05) is 26.0 Å². The van der Waals surface area contributed by atoms with Crippen LogP contribution in [0, 0.1) is 0 Å². The minimum atomic E-state index is -4.49. The zero-order valence-corrected chi connectivity index (χ0v) is 11.3. The summed E-state index contributed by atoms with van der Waals surface area (Å²) in [5, 5.41) is 2.55. The number of hydrogen-bond acceptors (Lipinski definition) is 2. The topological polar surface area (TPSA) is 32.3 Å². The number of alkyl halides is 3. The normalized spacial score (nSPS) is 11.3. The summed E-state index contributed by atoms with van der Waals surface area (Å²) in [6.45, 7) is 0.0871. The molecule has 1 amide bonds. The summed E-state index contributed by atoms with van der Waals surface area (Å²) >= 11 is 5.76. The summed E-state index contributed by atoms with van der Waals surface area (Å²) in [5.74, 6) is -0.173. The molecule has 0 heterocycles. The predicted molar refractivity (Wildman–Crippen MR) is 68.3 cm³/mol. The Labute approximate surface area is 114 Å². The first-order valence-corrected chi connectivity index (χ1v) is 5.91. The molecule has 19 heavy (non-hydrogen) atoms. The number of carbonyl (C=O) groups is 1. The second kappa shape index (κ2) is 6.14. The Morgan fingerprint density at radius 3 is 2.53 bits per heavy atom. The Morgan fingerprint density at radius 1 is 1.37 bits per heavy atom. The average Bonchev–Trinajstić information content (AvgIpc) is 2.29. The molecule has 1 rings (SSSR count). The average molecular weight is 295 g/mol. The highest BCUT2D eigenvalue weighted by molar-refractivity contribution is 6.33. The fourth-order valence-electron chi connectivity index (χ4n) is 1.46. The first-order chi connectivity index (χ1) is 8.73. The summed E-state index contributed by atoms with van der Waals surface area (Å²) < 4.78 is 38.3. The second-order valence-electron chi connectivity index (χ2n) is 4.13. The summed E-state index contributed by atoms with van der Waals surface area (Å²) in [6, 6.07) is 3.55. The fourth-order valence-corrected chi connectivity index (χ4v) is 1.70. The Hall–Kier alpha value is -1.43. The first kappa shape index (κ1) is 15.6. The van der Waals surface area contributed by atoms with E-state index in [0.29, 0.717) is 0 Å². The minimum Gasteiger partial charge on any atom is -0.383 e. The molecule has 0 unspecified atom stereocenters. The Kier molecular flexibility index (Phi) is 5.05. The van der Waals surface area contributed by atoms with Crippen LogP contribution in [-0.4, -0.2) is 31.4 Å². The summed E-state index contributed by atoms with van der Waals surface area (Å²) in [5.41, 5.74) is -1.03. The van der Waals surface area contributed by atoms with Crippen LogP contribution in [-0.2, 0) is 11.0 Å². The van der Waals surface area contributed by atoms with Gasteiger partial charge in [-0.05, 0) is 12.1 Å². The van der Waals surface area contributed by atoms with Crippen LogP contribution in [0.5, 0.6) is 0 Å². The number of rotatable bonds is 4. The van der Waals surface area contributed by atoms with Crippen molar-refractivity contribution in [3.63, 3.8) is 0 Å². The Bertz CT molecular complexity index is 461. The lowest BCUT2D eigenvalue weighted by Gasteiger charge is -2.16. The van der Waals surface area contributed by atoms with Gasteiger partial charge < -0.3 is 10.2 Å². The number of amides is 1. The van der Waals surface area contributed by atoms with Crippen LogP contribution >= 0.6 is 11.6 Å². The predicted octanol–water partition coefficient (Wildman–Crippen LogP) is 3.25. The summed E-state index contributed by atoms with van der Waals surface area (Å²) in [6.07, 6.45) is -4.39. The van der Waals surface area contributed by atoms with Crippen molar-refractivity contribution in [1.82, 2.24) is 4.90 Å². The molecule has 106 valence electrons. The minimum absolute atomic E-state index is 0.0212. The van der Waals surface area contributed by atoms with Crippen LogP contribution in [0.15, 0.2) is 18.2 Å². The molecule has 0 radical (unpaired) electrons. The molecule has 0 saturated carbocycles. The number of halogens is 4. The molecule has 0 atom stereocenters. The zero-order valence-electron chi connectivity index (χ0n) is 10.5. The number of para-hydroxylation sites is 1. The van der Waals surface area contributed by atoms with E-state index < -0.39 is 11.7 Å². The largest absolute Gasteiger partial charge is 0.418 e. The van der Waals surface area contributed by atoms with Gasteiger partial charge in [-0.15, -0.1) is 0 Å². The lowest BCUT2D eigenvalue weighted by atomic mass is 10.1. The van der Waals surface area contributed by atoms with E-state index in [4.69, 9.17) is 11.6 Å². The van der Waals surface area contributed by atoms with Gasteiger partial charge in [-0.2, -0.15) is 13.2 Å². The number of nitrogens with zero attached hydrogens (tertiary/aromatic N) is 1. The van der Waals surface area contributed by atoms with E-state index in [2.05, 4.69) is 5.32 Å². The molecule has 0 bridgehead atoms.